The summed E-state index contributed by atoms with van der Waals surface area (Å²) in [6, 6.07) is 5.91. The van der Waals surface area contributed by atoms with E-state index in [1.54, 1.807) is 39.3 Å². The van der Waals surface area contributed by atoms with Gasteiger partial charge < -0.3 is 19.9 Å². The highest BCUT2D eigenvalue weighted by molar-refractivity contribution is 7.89. The quantitative estimate of drug-likeness (QED) is 0.546. The highest BCUT2D eigenvalue weighted by Crippen LogP contribution is 2.28. The van der Waals surface area contributed by atoms with Crippen molar-refractivity contribution in [2.45, 2.75) is 51.0 Å². The maximum Gasteiger partial charge on any atom is 0.243 e. The number of piperidine rings is 1. The number of nitrogens with zero attached hydrogens (tertiary/aromatic N) is 4. The smallest absolute Gasteiger partial charge is 0.243 e. The Balaban J connectivity index is 1.59. The van der Waals surface area contributed by atoms with Crippen LogP contribution in [0.25, 0.3) is 0 Å². The van der Waals surface area contributed by atoms with Gasteiger partial charge in [0, 0.05) is 39.1 Å². The van der Waals surface area contributed by atoms with E-state index >= 15 is 0 Å². The SMILES string of the molecule is COc1cc(C)c(S(=O)(=O)N(C)CCC(=O)Nc2cnc(N3CCC(N(C)C)CC3)c(C)c2)c(C)c1. The second-order valence-electron chi connectivity index (χ2n) is 9.76. The number of methoxy groups -OCH3 is 1. The first-order valence-electron chi connectivity index (χ1n) is 12.2. The van der Waals surface area contributed by atoms with Crippen LogP contribution >= 0.6 is 0 Å². The van der Waals surface area contributed by atoms with Gasteiger partial charge in [-0.3, -0.25) is 4.79 Å². The van der Waals surface area contributed by atoms with Crippen molar-refractivity contribution in [3.63, 3.8) is 0 Å². The predicted molar refractivity (Wildman–Crippen MR) is 143 cm³/mol. The molecule has 2 heterocycles. The number of aromatic nitrogens is 1. The fraction of sp³-hybridized carbons (Fsp3) is 0.538. The van der Waals surface area contributed by atoms with Gasteiger partial charge in [0.15, 0.2) is 0 Å². The van der Waals surface area contributed by atoms with Crippen molar-refractivity contribution in [2.75, 3.05) is 58.1 Å². The number of hydrogen-bond acceptors (Lipinski definition) is 7. The molecule has 0 atom stereocenters. The summed E-state index contributed by atoms with van der Waals surface area (Å²) < 4.78 is 32.8. The fourth-order valence-electron chi connectivity index (χ4n) is 4.75. The zero-order valence-corrected chi connectivity index (χ0v) is 23.3. The molecule has 1 N–H and O–H groups in total. The van der Waals surface area contributed by atoms with Crippen LogP contribution in [0.5, 0.6) is 5.75 Å². The second kappa shape index (κ2) is 11.6. The van der Waals surface area contributed by atoms with Crippen LogP contribution in [-0.2, 0) is 14.8 Å². The average Bonchev–Trinajstić information content (AvgIpc) is 2.82. The number of rotatable bonds is 9. The van der Waals surface area contributed by atoms with E-state index in [0.717, 1.165) is 37.3 Å². The number of hydrogen-bond donors (Lipinski definition) is 1. The third-order valence-electron chi connectivity index (χ3n) is 6.82. The molecule has 0 spiro atoms. The summed E-state index contributed by atoms with van der Waals surface area (Å²) in [4.78, 5) is 22.0. The topological polar surface area (TPSA) is 95.1 Å². The van der Waals surface area contributed by atoms with E-state index in [-0.39, 0.29) is 23.8 Å². The highest BCUT2D eigenvalue weighted by Gasteiger charge is 2.26. The molecule has 2 aromatic rings. The van der Waals surface area contributed by atoms with Crippen molar-refractivity contribution in [3.05, 3.63) is 41.1 Å². The molecule has 0 unspecified atom stereocenters. The molecule has 1 aliphatic rings. The predicted octanol–water partition coefficient (Wildman–Crippen LogP) is 3.20. The van der Waals surface area contributed by atoms with Gasteiger partial charge >= 0.3 is 0 Å². The van der Waals surface area contributed by atoms with Crippen molar-refractivity contribution < 1.29 is 17.9 Å². The van der Waals surface area contributed by atoms with Gasteiger partial charge in [0.05, 0.1) is 23.9 Å². The summed E-state index contributed by atoms with van der Waals surface area (Å²) in [7, 11) is 3.53. The third-order valence-corrected chi connectivity index (χ3v) is 8.98. The highest BCUT2D eigenvalue weighted by atomic mass is 32.2. The van der Waals surface area contributed by atoms with Gasteiger partial charge in [0.25, 0.3) is 0 Å². The summed E-state index contributed by atoms with van der Waals surface area (Å²) in [6.07, 6.45) is 3.89. The van der Waals surface area contributed by atoms with Crippen molar-refractivity contribution >= 4 is 27.4 Å². The molecule has 198 valence electrons. The van der Waals surface area contributed by atoms with Gasteiger partial charge in [0.2, 0.25) is 15.9 Å². The minimum Gasteiger partial charge on any atom is -0.497 e. The summed E-state index contributed by atoms with van der Waals surface area (Å²) in [5, 5.41) is 2.85. The van der Waals surface area contributed by atoms with Crippen LogP contribution < -0.4 is 15.0 Å². The van der Waals surface area contributed by atoms with E-state index in [1.807, 2.05) is 13.0 Å². The van der Waals surface area contributed by atoms with Gasteiger partial charge in [-0.05, 0) is 82.6 Å². The molecule has 0 saturated carbocycles. The number of nitrogens with one attached hydrogen (secondary N) is 1. The van der Waals surface area contributed by atoms with Gasteiger partial charge in [-0.15, -0.1) is 0 Å². The van der Waals surface area contributed by atoms with E-state index in [0.29, 0.717) is 28.6 Å². The Morgan fingerprint density at radius 1 is 1.08 bits per heavy atom. The lowest BCUT2D eigenvalue weighted by Gasteiger charge is -2.36. The first kappa shape index (κ1) is 27.9. The van der Waals surface area contributed by atoms with Crippen LogP contribution in [0.3, 0.4) is 0 Å². The summed E-state index contributed by atoms with van der Waals surface area (Å²) in [5.74, 6) is 1.29. The van der Waals surface area contributed by atoms with Gasteiger partial charge in [-0.2, -0.15) is 0 Å². The van der Waals surface area contributed by atoms with Crippen molar-refractivity contribution in [3.8, 4) is 5.75 Å². The lowest BCUT2D eigenvalue weighted by atomic mass is 10.0. The van der Waals surface area contributed by atoms with Crippen LogP contribution in [0.4, 0.5) is 11.5 Å². The molecule has 1 aliphatic heterocycles. The second-order valence-corrected chi connectivity index (χ2v) is 11.7. The number of aryl methyl sites for hydroxylation is 3. The van der Waals surface area contributed by atoms with Crippen LogP contribution in [0.1, 0.15) is 36.0 Å². The molecule has 0 bridgehead atoms. The maximum absolute atomic E-state index is 13.2. The molecule has 1 aromatic heterocycles. The number of benzene rings is 1. The Labute approximate surface area is 215 Å². The number of carbonyl (C=O) groups is 1. The van der Waals surface area contributed by atoms with Crippen LogP contribution in [-0.4, -0.2) is 82.4 Å². The van der Waals surface area contributed by atoms with Crippen LogP contribution in [0, 0.1) is 20.8 Å². The Morgan fingerprint density at radius 2 is 1.69 bits per heavy atom. The molecule has 10 heteroatoms. The minimum absolute atomic E-state index is 0.0306. The Kier molecular flexibility index (Phi) is 8.97. The largest absolute Gasteiger partial charge is 0.497 e. The normalized spacial score (nSPS) is 15.0. The molecule has 1 saturated heterocycles. The zero-order chi connectivity index (χ0) is 26.6. The monoisotopic (exact) mass is 517 g/mol. The number of sulfonamides is 1. The number of anilines is 2. The Bertz CT molecular complexity index is 1170. The first-order valence-corrected chi connectivity index (χ1v) is 13.7. The third kappa shape index (κ3) is 6.35. The van der Waals surface area contributed by atoms with E-state index in [9.17, 15) is 13.2 Å². The molecule has 3 rings (SSSR count). The van der Waals surface area contributed by atoms with E-state index in [1.165, 1.54) is 11.4 Å². The fourth-order valence-corrected chi connectivity index (χ4v) is 6.33. The molecular weight excluding hydrogens is 478 g/mol. The Hall–Kier alpha value is -2.69. The lowest BCUT2D eigenvalue weighted by molar-refractivity contribution is -0.116. The van der Waals surface area contributed by atoms with E-state index < -0.39 is 10.0 Å². The van der Waals surface area contributed by atoms with Crippen LogP contribution in [0.2, 0.25) is 0 Å². The molecule has 0 aliphatic carbocycles. The summed E-state index contributed by atoms with van der Waals surface area (Å²) in [6.45, 7) is 7.45. The van der Waals surface area contributed by atoms with E-state index in [4.69, 9.17) is 4.74 Å². The maximum atomic E-state index is 13.2. The number of ether oxygens (including phenoxy) is 1. The van der Waals surface area contributed by atoms with Gasteiger partial charge in [-0.1, -0.05) is 0 Å². The molecule has 1 amide bonds. The standard InChI is InChI=1S/C26H39N5O4S/c1-18-15-23(35-7)16-19(2)25(18)36(33,34)30(6)11-10-24(32)28-21-14-20(3)26(27-17-21)31-12-8-22(9-13-31)29(4)5/h14-17,22H,8-13H2,1-7H3,(H,28,32). The molecule has 36 heavy (non-hydrogen) atoms. The average molecular weight is 518 g/mol. The minimum atomic E-state index is -3.75. The zero-order valence-electron chi connectivity index (χ0n) is 22.5. The number of carbonyl (C=O) groups excluding carboxylic acids is 1. The number of pyridine rings is 1. The molecule has 9 nitrogen and oxygen atoms in total. The summed E-state index contributed by atoms with van der Waals surface area (Å²) in [5.41, 5.74) is 2.82. The van der Waals surface area contributed by atoms with Crippen molar-refractivity contribution in [1.82, 2.24) is 14.2 Å². The van der Waals surface area contributed by atoms with Crippen molar-refractivity contribution in [2.24, 2.45) is 0 Å². The van der Waals surface area contributed by atoms with Gasteiger partial charge in [-0.25, -0.2) is 17.7 Å². The molecule has 1 fully saturated rings. The summed E-state index contributed by atoms with van der Waals surface area (Å²) >= 11 is 0. The van der Waals surface area contributed by atoms with E-state index in [2.05, 4.69) is 34.2 Å². The number of amides is 1. The molecular formula is C26H39N5O4S. The first-order chi connectivity index (χ1) is 16.9. The lowest BCUT2D eigenvalue weighted by Crippen LogP contribution is -2.42. The van der Waals surface area contributed by atoms with Crippen molar-refractivity contribution in [1.29, 1.82) is 0 Å². The van der Waals surface area contributed by atoms with Crippen LogP contribution in [0.15, 0.2) is 29.3 Å². The molecule has 0 radical (unpaired) electrons. The molecule has 1 aromatic carbocycles. The van der Waals surface area contributed by atoms with Gasteiger partial charge in [0.1, 0.15) is 11.6 Å². The Morgan fingerprint density at radius 3 is 2.22 bits per heavy atom.